The summed E-state index contributed by atoms with van der Waals surface area (Å²) in [6, 6.07) is 44.7. The summed E-state index contributed by atoms with van der Waals surface area (Å²) in [6.45, 7) is 3.30. The Morgan fingerprint density at radius 1 is 0.585 bits per heavy atom. The fourth-order valence-corrected chi connectivity index (χ4v) is 5.37. The summed E-state index contributed by atoms with van der Waals surface area (Å²) in [4.78, 5) is 0. The van der Waals surface area contributed by atoms with E-state index >= 15 is 0 Å². The molecular formula is C38H35N3. The van der Waals surface area contributed by atoms with Crippen molar-refractivity contribution in [3.8, 4) is 0 Å². The average Bonchev–Trinajstić information content (AvgIpc) is 3.35. The molecule has 0 amide bonds. The maximum atomic E-state index is 5.00. The zero-order valence-corrected chi connectivity index (χ0v) is 23.5. The lowest BCUT2D eigenvalue weighted by molar-refractivity contribution is 0.627. The number of aromatic nitrogens is 1. The molecule has 0 fully saturated rings. The van der Waals surface area contributed by atoms with Crippen molar-refractivity contribution in [3.05, 3.63) is 144 Å². The van der Waals surface area contributed by atoms with Gasteiger partial charge in [0.2, 0.25) is 0 Å². The minimum Gasteiger partial charge on any atom is -0.340 e. The van der Waals surface area contributed by atoms with Crippen LogP contribution in [-0.4, -0.2) is 10.8 Å². The first kappa shape index (κ1) is 26.3. The molecule has 0 N–H and O–H groups in total. The molecule has 6 aromatic rings. The van der Waals surface area contributed by atoms with Gasteiger partial charge in [0.05, 0.1) is 17.6 Å². The van der Waals surface area contributed by atoms with Gasteiger partial charge < -0.3 is 4.57 Å². The molecule has 0 aliphatic rings. The summed E-state index contributed by atoms with van der Waals surface area (Å²) in [5.74, 6) is 0. The van der Waals surface area contributed by atoms with Gasteiger partial charge in [0.25, 0.3) is 0 Å². The smallest absolute Gasteiger partial charge is 0.0653 e. The lowest BCUT2D eigenvalue weighted by atomic mass is 10.1. The molecule has 3 heteroatoms. The van der Waals surface area contributed by atoms with E-state index in [1.807, 2.05) is 35.5 Å². The van der Waals surface area contributed by atoms with E-state index in [1.165, 1.54) is 46.6 Å². The van der Waals surface area contributed by atoms with Crippen molar-refractivity contribution >= 4 is 51.5 Å². The molecule has 0 saturated heterocycles. The molecule has 0 aliphatic carbocycles. The second-order valence-electron chi connectivity index (χ2n) is 10.4. The average molecular weight is 534 g/mol. The van der Waals surface area contributed by atoms with Gasteiger partial charge in [-0.25, -0.2) is 5.01 Å². The summed E-state index contributed by atoms with van der Waals surface area (Å²) in [6.07, 6.45) is 9.92. The Balaban J connectivity index is 1.31. The van der Waals surface area contributed by atoms with Crippen molar-refractivity contribution in [1.82, 2.24) is 4.57 Å². The minimum absolute atomic E-state index is 1.01. The topological polar surface area (TPSA) is 20.5 Å². The highest BCUT2D eigenvalue weighted by Gasteiger charge is 2.11. The first-order valence-electron chi connectivity index (χ1n) is 14.5. The molecule has 0 spiro atoms. The molecule has 0 bridgehead atoms. The second-order valence-corrected chi connectivity index (χ2v) is 10.4. The molecule has 202 valence electrons. The van der Waals surface area contributed by atoms with Gasteiger partial charge in [-0.2, -0.15) is 5.10 Å². The van der Waals surface area contributed by atoms with Crippen molar-refractivity contribution < 1.29 is 0 Å². The van der Waals surface area contributed by atoms with Gasteiger partial charge in [-0.1, -0.05) is 117 Å². The molecule has 0 aliphatic heterocycles. The van der Waals surface area contributed by atoms with Crippen LogP contribution in [0, 0.1) is 0 Å². The lowest BCUT2D eigenvalue weighted by Gasteiger charge is -2.19. The van der Waals surface area contributed by atoms with E-state index in [1.54, 1.807) is 0 Å². The molecule has 1 heterocycles. The Kier molecular flexibility index (Phi) is 8.05. The quantitative estimate of drug-likeness (QED) is 0.0742. The lowest BCUT2D eigenvalue weighted by Crippen LogP contribution is -2.09. The third-order valence-electron chi connectivity index (χ3n) is 7.51. The van der Waals surface area contributed by atoms with E-state index < -0.39 is 0 Å². The highest BCUT2D eigenvalue weighted by atomic mass is 15.5. The number of hydrogen-bond donors (Lipinski definition) is 0. The number of fused-ring (bicyclic) bond motifs is 3. The Hall–Kier alpha value is -4.89. The van der Waals surface area contributed by atoms with Crippen molar-refractivity contribution in [2.45, 2.75) is 32.7 Å². The van der Waals surface area contributed by atoms with Crippen LogP contribution in [-0.2, 0) is 6.54 Å². The van der Waals surface area contributed by atoms with Crippen LogP contribution in [0.4, 0.5) is 11.4 Å². The fraction of sp³-hybridized carbons (Fsp3) is 0.132. The van der Waals surface area contributed by atoms with Crippen LogP contribution in [0.25, 0.3) is 34.0 Å². The van der Waals surface area contributed by atoms with Gasteiger partial charge in [-0.05, 0) is 65.6 Å². The van der Waals surface area contributed by atoms with E-state index in [9.17, 15) is 0 Å². The third-order valence-corrected chi connectivity index (χ3v) is 7.51. The van der Waals surface area contributed by atoms with Gasteiger partial charge in [0, 0.05) is 28.4 Å². The van der Waals surface area contributed by atoms with E-state index in [0.29, 0.717) is 0 Å². The number of aryl methyl sites for hydroxylation is 1. The van der Waals surface area contributed by atoms with Crippen LogP contribution in [0.3, 0.4) is 0 Å². The molecule has 6 rings (SSSR count). The second kappa shape index (κ2) is 12.5. The maximum absolute atomic E-state index is 5.00. The summed E-state index contributed by atoms with van der Waals surface area (Å²) in [5, 5.41) is 9.58. The van der Waals surface area contributed by atoms with Crippen LogP contribution in [0.1, 0.15) is 42.9 Å². The van der Waals surface area contributed by atoms with Crippen molar-refractivity contribution in [2.24, 2.45) is 5.10 Å². The molecule has 1 aromatic heterocycles. The maximum Gasteiger partial charge on any atom is 0.0653 e. The van der Waals surface area contributed by atoms with E-state index in [-0.39, 0.29) is 0 Å². The van der Waals surface area contributed by atoms with E-state index in [2.05, 4.69) is 127 Å². The molecule has 3 nitrogen and oxygen atoms in total. The minimum atomic E-state index is 1.01. The number of anilines is 2. The van der Waals surface area contributed by atoms with Gasteiger partial charge in [-0.15, -0.1) is 0 Å². The Morgan fingerprint density at radius 2 is 1.20 bits per heavy atom. The Labute approximate surface area is 242 Å². The zero-order chi connectivity index (χ0) is 27.9. The third kappa shape index (κ3) is 6.00. The molecule has 0 atom stereocenters. The van der Waals surface area contributed by atoms with Crippen LogP contribution < -0.4 is 5.01 Å². The van der Waals surface area contributed by atoms with Crippen molar-refractivity contribution in [1.29, 1.82) is 0 Å². The largest absolute Gasteiger partial charge is 0.340 e. The Bertz CT molecular complexity index is 1780. The van der Waals surface area contributed by atoms with Crippen LogP contribution >= 0.6 is 0 Å². The van der Waals surface area contributed by atoms with E-state index in [0.717, 1.165) is 29.0 Å². The molecular weight excluding hydrogens is 498 g/mol. The first-order chi connectivity index (χ1) is 20.3. The van der Waals surface area contributed by atoms with Crippen molar-refractivity contribution in [3.63, 3.8) is 0 Å². The van der Waals surface area contributed by atoms with Crippen molar-refractivity contribution in [2.75, 3.05) is 5.01 Å². The monoisotopic (exact) mass is 533 g/mol. The highest BCUT2D eigenvalue weighted by Crippen LogP contribution is 2.31. The summed E-state index contributed by atoms with van der Waals surface area (Å²) in [5.41, 5.74) is 8.04. The SMILES string of the molecule is CCCCCn1c2ccccc2c2cc(/C=N\N(c3ccccc3)c3ccc(/C=C/c4ccccc4)cc3)ccc21. The van der Waals surface area contributed by atoms with Crippen LogP contribution in [0.5, 0.6) is 0 Å². The van der Waals surface area contributed by atoms with Crippen LogP contribution in [0.15, 0.2) is 132 Å². The predicted molar refractivity (Wildman–Crippen MR) is 177 cm³/mol. The summed E-state index contributed by atoms with van der Waals surface area (Å²) >= 11 is 0. The molecule has 41 heavy (non-hydrogen) atoms. The molecule has 0 unspecified atom stereocenters. The first-order valence-corrected chi connectivity index (χ1v) is 14.5. The molecule has 5 aromatic carbocycles. The number of rotatable bonds is 10. The van der Waals surface area contributed by atoms with Gasteiger partial charge >= 0.3 is 0 Å². The zero-order valence-electron chi connectivity index (χ0n) is 23.5. The van der Waals surface area contributed by atoms with Crippen LogP contribution in [0.2, 0.25) is 0 Å². The van der Waals surface area contributed by atoms with E-state index in [4.69, 9.17) is 5.10 Å². The summed E-state index contributed by atoms with van der Waals surface area (Å²) in [7, 11) is 0. The number of para-hydroxylation sites is 2. The summed E-state index contributed by atoms with van der Waals surface area (Å²) < 4.78 is 2.48. The number of hydrogen-bond acceptors (Lipinski definition) is 2. The molecule has 0 saturated carbocycles. The highest BCUT2D eigenvalue weighted by molar-refractivity contribution is 6.09. The van der Waals surface area contributed by atoms with Gasteiger partial charge in [0.15, 0.2) is 0 Å². The fourth-order valence-electron chi connectivity index (χ4n) is 5.37. The number of hydrazone groups is 1. The normalized spacial score (nSPS) is 11.7. The number of benzene rings is 5. The Morgan fingerprint density at radius 3 is 1.95 bits per heavy atom. The number of nitrogens with zero attached hydrogens (tertiary/aromatic N) is 3. The predicted octanol–water partition coefficient (Wildman–Crippen LogP) is 10.3. The van der Waals surface area contributed by atoms with Gasteiger partial charge in [-0.3, -0.25) is 0 Å². The standard InChI is InChI=1S/C38H35N3/c1-2-3-12-27-40-37-18-11-10-17-35(37)36-28-32(23-26-38(36)40)29-39-41(33-15-8-5-9-16-33)34-24-21-31(22-25-34)20-19-30-13-6-4-7-14-30/h4-11,13-26,28-29H,2-3,12,27H2,1H3/b20-19+,39-29-. The number of unbranched alkanes of at least 4 members (excludes halogenated alkanes) is 2. The van der Waals surface area contributed by atoms with Gasteiger partial charge in [0.1, 0.15) is 0 Å². The molecule has 0 radical (unpaired) electrons.